The standard InChI is InChI=1S/C15H15ClFN3O2S/c1-3-22-14(21)5-11-8-23-15(19-11)20-18-7-10-4-9(2)12(16)6-13(10)17/h4,6-8H,3,5H2,1-2H3,(H,19,20). The number of ether oxygens (including phenoxy) is 1. The van der Waals surface area contributed by atoms with Crippen molar-refractivity contribution >= 4 is 40.3 Å². The first-order valence-corrected chi connectivity index (χ1v) is 8.10. The number of aryl methyl sites for hydroxylation is 1. The largest absolute Gasteiger partial charge is 0.466 e. The normalized spacial score (nSPS) is 11.0. The van der Waals surface area contributed by atoms with E-state index < -0.39 is 5.82 Å². The number of hydrogen-bond acceptors (Lipinski definition) is 6. The summed E-state index contributed by atoms with van der Waals surface area (Å²) in [7, 11) is 0. The molecule has 0 atom stereocenters. The molecular weight excluding hydrogens is 341 g/mol. The maximum atomic E-state index is 13.7. The number of benzene rings is 1. The molecule has 0 saturated heterocycles. The molecule has 0 amide bonds. The molecule has 8 heteroatoms. The van der Waals surface area contributed by atoms with Crippen LogP contribution in [0.5, 0.6) is 0 Å². The van der Waals surface area contributed by atoms with Crippen molar-refractivity contribution in [2.45, 2.75) is 20.3 Å². The first-order valence-electron chi connectivity index (χ1n) is 6.84. The lowest BCUT2D eigenvalue weighted by Gasteiger charge is -2.01. The number of carbonyl (C=O) groups is 1. The smallest absolute Gasteiger partial charge is 0.311 e. The van der Waals surface area contributed by atoms with Crippen LogP contribution in [0.2, 0.25) is 5.02 Å². The molecule has 0 fully saturated rings. The summed E-state index contributed by atoms with van der Waals surface area (Å²) in [5.74, 6) is -0.778. The van der Waals surface area contributed by atoms with Crippen LogP contribution in [-0.2, 0) is 16.0 Å². The molecule has 0 spiro atoms. The fourth-order valence-corrected chi connectivity index (χ4v) is 2.54. The predicted octanol–water partition coefficient (Wildman–Crippen LogP) is 3.80. The van der Waals surface area contributed by atoms with Crippen LogP contribution < -0.4 is 5.43 Å². The number of nitrogens with one attached hydrogen (secondary N) is 1. The van der Waals surface area contributed by atoms with Crippen LogP contribution in [0.1, 0.15) is 23.7 Å². The van der Waals surface area contributed by atoms with Crippen LogP contribution in [-0.4, -0.2) is 23.8 Å². The van der Waals surface area contributed by atoms with Crippen molar-refractivity contribution < 1.29 is 13.9 Å². The second-order valence-electron chi connectivity index (χ2n) is 4.62. The molecule has 0 aliphatic carbocycles. The minimum absolute atomic E-state index is 0.112. The van der Waals surface area contributed by atoms with E-state index in [-0.39, 0.29) is 12.4 Å². The molecule has 122 valence electrons. The molecule has 0 aliphatic rings. The topological polar surface area (TPSA) is 63.6 Å². The number of aromatic nitrogens is 1. The van der Waals surface area contributed by atoms with E-state index in [4.69, 9.17) is 16.3 Å². The van der Waals surface area contributed by atoms with Gasteiger partial charge in [-0.05, 0) is 31.5 Å². The number of nitrogens with zero attached hydrogens (tertiary/aromatic N) is 2. The van der Waals surface area contributed by atoms with Gasteiger partial charge in [-0.15, -0.1) is 11.3 Å². The molecule has 5 nitrogen and oxygen atoms in total. The minimum Gasteiger partial charge on any atom is -0.466 e. The summed E-state index contributed by atoms with van der Waals surface area (Å²) in [5.41, 5.74) is 4.39. The Bertz CT molecular complexity index is 734. The number of halogens is 2. The van der Waals surface area contributed by atoms with Crippen LogP contribution in [0.3, 0.4) is 0 Å². The van der Waals surface area contributed by atoms with Crippen molar-refractivity contribution in [2.75, 3.05) is 12.0 Å². The molecule has 1 aromatic carbocycles. The van der Waals surface area contributed by atoms with E-state index in [1.807, 2.05) is 0 Å². The Morgan fingerprint density at radius 3 is 3.09 bits per heavy atom. The summed E-state index contributed by atoms with van der Waals surface area (Å²) >= 11 is 7.13. The van der Waals surface area contributed by atoms with Gasteiger partial charge < -0.3 is 4.74 Å². The summed E-state index contributed by atoms with van der Waals surface area (Å²) < 4.78 is 18.6. The molecule has 2 rings (SSSR count). The van der Waals surface area contributed by atoms with Crippen molar-refractivity contribution in [3.8, 4) is 0 Å². The van der Waals surface area contributed by atoms with Gasteiger partial charge in [0, 0.05) is 16.0 Å². The van der Waals surface area contributed by atoms with Gasteiger partial charge >= 0.3 is 5.97 Å². The van der Waals surface area contributed by atoms with Gasteiger partial charge in [-0.2, -0.15) is 5.10 Å². The molecule has 0 unspecified atom stereocenters. The van der Waals surface area contributed by atoms with Gasteiger partial charge in [-0.25, -0.2) is 9.37 Å². The molecule has 2 aromatic rings. The number of carbonyl (C=O) groups excluding carboxylic acids is 1. The molecule has 0 aliphatic heterocycles. The fourth-order valence-electron chi connectivity index (χ4n) is 1.73. The van der Waals surface area contributed by atoms with Gasteiger partial charge in [0.15, 0.2) is 0 Å². The van der Waals surface area contributed by atoms with Crippen LogP contribution >= 0.6 is 22.9 Å². The molecule has 0 bridgehead atoms. The van der Waals surface area contributed by atoms with Crippen LogP contribution in [0.25, 0.3) is 0 Å². The number of hydrogen-bond donors (Lipinski definition) is 1. The van der Waals surface area contributed by atoms with E-state index in [0.29, 0.717) is 28.0 Å². The third-order valence-electron chi connectivity index (χ3n) is 2.82. The van der Waals surface area contributed by atoms with Crippen LogP contribution in [0.15, 0.2) is 22.6 Å². The van der Waals surface area contributed by atoms with Gasteiger partial charge in [0.1, 0.15) is 5.82 Å². The third kappa shape index (κ3) is 5.01. The number of esters is 1. The molecule has 0 saturated carbocycles. The molecule has 1 aromatic heterocycles. The van der Waals surface area contributed by atoms with Crippen molar-refractivity contribution in [3.63, 3.8) is 0 Å². The zero-order valence-electron chi connectivity index (χ0n) is 12.6. The van der Waals surface area contributed by atoms with E-state index in [1.165, 1.54) is 23.6 Å². The maximum absolute atomic E-state index is 13.7. The summed E-state index contributed by atoms with van der Waals surface area (Å²) in [6, 6.07) is 2.86. The Morgan fingerprint density at radius 1 is 1.57 bits per heavy atom. The zero-order chi connectivity index (χ0) is 16.8. The summed E-state index contributed by atoms with van der Waals surface area (Å²) in [6.07, 6.45) is 1.46. The number of rotatable bonds is 6. The molecule has 0 radical (unpaired) electrons. The second kappa shape index (κ2) is 8.03. The van der Waals surface area contributed by atoms with E-state index in [0.717, 1.165) is 5.56 Å². The van der Waals surface area contributed by atoms with E-state index in [2.05, 4.69) is 15.5 Å². The fraction of sp³-hybridized carbons (Fsp3) is 0.267. The third-order valence-corrected chi connectivity index (χ3v) is 4.03. The van der Waals surface area contributed by atoms with E-state index in [9.17, 15) is 9.18 Å². The highest BCUT2D eigenvalue weighted by atomic mass is 35.5. The Balaban J connectivity index is 1.97. The second-order valence-corrected chi connectivity index (χ2v) is 5.88. The Hall–Kier alpha value is -1.99. The highest BCUT2D eigenvalue weighted by molar-refractivity contribution is 7.13. The lowest BCUT2D eigenvalue weighted by atomic mass is 10.1. The summed E-state index contributed by atoms with van der Waals surface area (Å²) in [6.45, 7) is 3.87. The predicted molar refractivity (Wildman–Crippen MR) is 89.8 cm³/mol. The average Bonchev–Trinajstić information content (AvgIpc) is 2.92. The molecule has 23 heavy (non-hydrogen) atoms. The zero-order valence-corrected chi connectivity index (χ0v) is 14.2. The van der Waals surface area contributed by atoms with Crippen molar-refractivity contribution in [3.05, 3.63) is 45.2 Å². The lowest BCUT2D eigenvalue weighted by molar-refractivity contribution is -0.142. The SMILES string of the molecule is CCOC(=O)Cc1csc(NN=Cc2cc(C)c(Cl)cc2F)n1. The van der Waals surface area contributed by atoms with Gasteiger partial charge in [0.2, 0.25) is 5.13 Å². The number of hydrazone groups is 1. The van der Waals surface area contributed by atoms with Crippen molar-refractivity contribution in [1.29, 1.82) is 0 Å². The Kier molecular flexibility index (Phi) is 6.06. The lowest BCUT2D eigenvalue weighted by Crippen LogP contribution is -2.07. The molecule has 1 N–H and O–H groups in total. The Labute approximate surface area is 142 Å². The Morgan fingerprint density at radius 2 is 2.35 bits per heavy atom. The van der Waals surface area contributed by atoms with Gasteiger partial charge in [0.05, 0.1) is 24.9 Å². The summed E-state index contributed by atoms with van der Waals surface area (Å²) in [4.78, 5) is 15.6. The van der Waals surface area contributed by atoms with Crippen molar-refractivity contribution in [1.82, 2.24) is 4.98 Å². The van der Waals surface area contributed by atoms with Gasteiger partial charge in [-0.3, -0.25) is 10.2 Å². The van der Waals surface area contributed by atoms with Gasteiger partial charge in [-0.1, -0.05) is 11.6 Å². The van der Waals surface area contributed by atoms with Crippen molar-refractivity contribution in [2.24, 2.45) is 5.10 Å². The van der Waals surface area contributed by atoms with E-state index in [1.54, 1.807) is 25.3 Å². The minimum atomic E-state index is -0.451. The van der Waals surface area contributed by atoms with Crippen LogP contribution in [0, 0.1) is 12.7 Å². The monoisotopic (exact) mass is 355 g/mol. The quantitative estimate of drug-likeness (QED) is 0.486. The van der Waals surface area contributed by atoms with Gasteiger partial charge in [0.25, 0.3) is 0 Å². The summed E-state index contributed by atoms with van der Waals surface area (Å²) in [5, 5.41) is 6.56. The van der Waals surface area contributed by atoms with Crippen LogP contribution in [0.4, 0.5) is 9.52 Å². The maximum Gasteiger partial charge on any atom is 0.311 e. The van der Waals surface area contributed by atoms with E-state index >= 15 is 0 Å². The first kappa shape index (κ1) is 17.4. The molecule has 1 heterocycles. The highest BCUT2D eigenvalue weighted by Crippen LogP contribution is 2.19. The molecular formula is C15H15ClFN3O2S. The first-order chi connectivity index (χ1) is 11.0. The highest BCUT2D eigenvalue weighted by Gasteiger charge is 2.08. The number of anilines is 1. The average molecular weight is 356 g/mol. The number of thiazole rings is 1.